The largest absolute Gasteiger partial charge is 0.479 e. The van der Waals surface area contributed by atoms with Crippen LogP contribution in [-0.4, -0.2) is 47.8 Å². The summed E-state index contributed by atoms with van der Waals surface area (Å²) in [6.45, 7) is 4.18. The van der Waals surface area contributed by atoms with Crippen LogP contribution in [0.15, 0.2) is 0 Å². The monoisotopic (exact) mass is 227 g/mol. The molecule has 2 unspecified atom stereocenters. The Kier molecular flexibility index (Phi) is 3.82. The highest BCUT2D eigenvalue weighted by Gasteiger charge is 2.30. The smallest absolute Gasteiger partial charge is 0.334 e. The standard InChI is InChI=1S/C12H21NO3/c1-9(7-10-3-2-4-10)13-5-6-16-11(8-13)12(14)15/h9-11H,2-8H2,1H3,(H,14,15). The van der Waals surface area contributed by atoms with Crippen LogP contribution in [0.5, 0.6) is 0 Å². The zero-order valence-corrected chi connectivity index (χ0v) is 9.89. The molecule has 2 fully saturated rings. The molecule has 0 radical (unpaired) electrons. The molecule has 1 saturated carbocycles. The van der Waals surface area contributed by atoms with Crippen molar-refractivity contribution in [3.63, 3.8) is 0 Å². The quantitative estimate of drug-likeness (QED) is 0.787. The van der Waals surface area contributed by atoms with Gasteiger partial charge in [-0.3, -0.25) is 4.90 Å². The summed E-state index contributed by atoms with van der Waals surface area (Å²) in [5.74, 6) is 0.0432. The number of nitrogens with zero attached hydrogens (tertiary/aromatic N) is 1. The van der Waals surface area contributed by atoms with Gasteiger partial charge in [0.05, 0.1) is 6.61 Å². The first-order valence-electron chi connectivity index (χ1n) is 6.25. The van der Waals surface area contributed by atoms with Gasteiger partial charge in [-0.25, -0.2) is 4.79 Å². The van der Waals surface area contributed by atoms with Crippen molar-refractivity contribution < 1.29 is 14.6 Å². The highest BCUT2D eigenvalue weighted by atomic mass is 16.5. The van der Waals surface area contributed by atoms with Crippen LogP contribution in [0.2, 0.25) is 0 Å². The summed E-state index contributed by atoms with van der Waals surface area (Å²) in [4.78, 5) is 13.1. The summed E-state index contributed by atoms with van der Waals surface area (Å²) >= 11 is 0. The molecule has 2 rings (SSSR count). The van der Waals surface area contributed by atoms with E-state index >= 15 is 0 Å². The molecule has 0 aromatic rings. The number of carboxylic acids is 1. The van der Waals surface area contributed by atoms with Gasteiger partial charge in [-0.2, -0.15) is 0 Å². The maximum absolute atomic E-state index is 10.9. The Morgan fingerprint density at radius 3 is 2.88 bits per heavy atom. The van der Waals surface area contributed by atoms with E-state index in [0.29, 0.717) is 19.2 Å². The number of aliphatic carboxylic acids is 1. The number of morpholine rings is 1. The molecule has 1 saturated heterocycles. The van der Waals surface area contributed by atoms with E-state index in [-0.39, 0.29) is 0 Å². The lowest BCUT2D eigenvalue weighted by Gasteiger charge is -2.38. The number of hydrogen-bond acceptors (Lipinski definition) is 3. The Morgan fingerprint density at radius 1 is 1.56 bits per heavy atom. The Morgan fingerprint density at radius 2 is 2.31 bits per heavy atom. The van der Waals surface area contributed by atoms with Crippen molar-refractivity contribution in [2.45, 2.75) is 44.8 Å². The van der Waals surface area contributed by atoms with Crippen LogP contribution in [0.1, 0.15) is 32.6 Å². The molecule has 4 nitrogen and oxygen atoms in total. The molecule has 1 aliphatic carbocycles. The Balaban J connectivity index is 1.80. The topological polar surface area (TPSA) is 49.8 Å². The minimum atomic E-state index is -0.833. The van der Waals surface area contributed by atoms with Crippen molar-refractivity contribution >= 4 is 5.97 Å². The van der Waals surface area contributed by atoms with E-state index in [1.54, 1.807) is 0 Å². The first-order valence-corrected chi connectivity index (χ1v) is 6.25. The fourth-order valence-electron chi connectivity index (χ4n) is 2.58. The molecule has 0 spiro atoms. The first-order chi connectivity index (χ1) is 7.66. The molecule has 1 aliphatic heterocycles. The van der Waals surface area contributed by atoms with Crippen molar-refractivity contribution in [3.8, 4) is 0 Å². The fraction of sp³-hybridized carbons (Fsp3) is 0.917. The third-order valence-corrected chi connectivity index (χ3v) is 3.90. The van der Waals surface area contributed by atoms with E-state index in [4.69, 9.17) is 9.84 Å². The number of carbonyl (C=O) groups is 1. The van der Waals surface area contributed by atoms with Crippen LogP contribution in [0.25, 0.3) is 0 Å². The van der Waals surface area contributed by atoms with Gasteiger partial charge in [-0.1, -0.05) is 19.3 Å². The molecule has 92 valence electrons. The predicted molar refractivity (Wildman–Crippen MR) is 60.4 cm³/mol. The van der Waals surface area contributed by atoms with E-state index in [1.165, 1.54) is 25.7 Å². The van der Waals surface area contributed by atoms with Gasteiger partial charge < -0.3 is 9.84 Å². The van der Waals surface area contributed by atoms with Gasteiger partial charge in [0, 0.05) is 19.1 Å². The molecule has 0 aromatic carbocycles. The number of hydrogen-bond donors (Lipinski definition) is 1. The van der Waals surface area contributed by atoms with Crippen LogP contribution >= 0.6 is 0 Å². The van der Waals surface area contributed by atoms with Gasteiger partial charge >= 0.3 is 5.97 Å². The summed E-state index contributed by atoms with van der Waals surface area (Å²) in [7, 11) is 0. The van der Waals surface area contributed by atoms with Gasteiger partial charge in [0.2, 0.25) is 0 Å². The third kappa shape index (κ3) is 2.74. The number of carboxylic acid groups (broad SMARTS) is 1. The van der Waals surface area contributed by atoms with E-state index in [2.05, 4.69) is 11.8 Å². The molecular formula is C12H21NO3. The summed E-state index contributed by atoms with van der Waals surface area (Å²) in [6, 6.07) is 0.496. The highest BCUT2D eigenvalue weighted by Crippen LogP contribution is 2.31. The summed E-state index contributed by atoms with van der Waals surface area (Å²) in [6.07, 6.45) is 4.68. The van der Waals surface area contributed by atoms with Crippen molar-refractivity contribution in [2.24, 2.45) is 5.92 Å². The van der Waals surface area contributed by atoms with Gasteiger partial charge in [0.25, 0.3) is 0 Å². The molecule has 16 heavy (non-hydrogen) atoms. The lowest BCUT2D eigenvalue weighted by Crippen LogP contribution is -2.50. The first kappa shape index (κ1) is 11.9. The van der Waals surface area contributed by atoms with E-state index in [9.17, 15) is 4.79 Å². The highest BCUT2D eigenvalue weighted by molar-refractivity contribution is 5.72. The lowest BCUT2D eigenvalue weighted by molar-refractivity contribution is -0.157. The summed E-state index contributed by atoms with van der Waals surface area (Å²) < 4.78 is 5.22. The van der Waals surface area contributed by atoms with Crippen LogP contribution in [-0.2, 0) is 9.53 Å². The van der Waals surface area contributed by atoms with Crippen LogP contribution in [0.3, 0.4) is 0 Å². The van der Waals surface area contributed by atoms with Gasteiger partial charge in [-0.05, 0) is 19.3 Å². The number of ether oxygens (including phenoxy) is 1. The van der Waals surface area contributed by atoms with Crippen LogP contribution in [0.4, 0.5) is 0 Å². The molecule has 1 N–H and O–H groups in total. The number of rotatable bonds is 4. The van der Waals surface area contributed by atoms with Crippen LogP contribution in [0, 0.1) is 5.92 Å². The molecule has 1 heterocycles. The van der Waals surface area contributed by atoms with E-state index < -0.39 is 12.1 Å². The molecule has 2 aliphatic rings. The Labute approximate surface area is 96.6 Å². The summed E-state index contributed by atoms with van der Waals surface area (Å²) in [5, 5.41) is 8.93. The summed E-state index contributed by atoms with van der Waals surface area (Å²) in [5.41, 5.74) is 0. The van der Waals surface area contributed by atoms with Gasteiger partial charge in [0.1, 0.15) is 0 Å². The average molecular weight is 227 g/mol. The zero-order chi connectivity index (χ0) is 11.5. The molecule has 0 bridgehead atoms. The van der Waals surface area contributed by atoms with E-state index in [0.717, 1.165) is 12.5 Å². The maximum atomic E-state index is 10.9. The molecule has 0 aromatic heterocycles. The molecule has 4 heteroatoms. The molecular weight excluding hydrogens is 206 g/mol. The van der Waals surface area contributed by atoms with Crippen LogP contribution < -0.4 is 0 Å². The zero-order valence-electron chi connectivity index (χ0n) is 9.89. The minimum absolute atomic E-state index is 0.496. The molecule has 2 atom stereocenters. The van der Waals surface area contributed by atoms with Crippen molar-refractivity contribution in [1.82, 2.24) is 4.90 Å². The van der Waals surface area contributed by atoms with Gasteiger partial charge in [-0.15, -0.1) is 0 Å². The second kappa shape index (κ2) is 5.15. The Bertz CT molecular complexity index is 253. The predicted octanol–water partition coefficient (Wildman–Crippen LogP) is 1.35. The van der Waals surface area contributed by atoms with Crippen molar-refractivity contribution in [1.29, 1.82) is 0 Å². The van der Waals surface area contributed by atoms with Crippen molar-refractivity contribution in [2.75, 3.05) is 19.7 Å². The average Bonchev–Trinajstić information content (AvgIpc) is 2.23. The third-order valence-electron chi connectivity index (χ3n) is 3.90. The van der Waals surface area contributed by atoms with Gasteiger partial charge in [0.15, 0.2) is 6.10 Å². The fourth-order valence-corrected chi connectivity index (χ4v) is 2.58. The van der Waals surface area contributed by atoms with E-state index in [1.807, 2.05) is 0 Å². The Hall–Kier alpha value is -0.610. The molecule has 0 amide bonds. The second-order valence-electron chi connectivity index (χ2n) is 5.07. The van der Waals surface area contributed by atoms with Crippen molar-refractivity contribution in [3.05, 3.63) is 0 Å². The SMILES string of the molecule is CC(CC1CCC1)N1CCOC(C(=O)O)C1. The second-order valence-corrected chi connectivity index (χ2v) is 5.07. The lowest BCUT2D eigenvalue weighted by atomic mass is 9.81. The maximum Gasteiger partial charge on any atom is 0.334 e. The minimum Gasteiger partial charge on any atom is -0.479 e. The normalized spacial score (nSPS) is 29.7.